The monoisotopic (exact) mass is 424 g/mol. The molecule has 0 aliphatic carbocycles. The zero-order chi connectivity index (χ0) is 22.3. The summed E-state index contributed by atoms with van der Waals surface area (Å²) in [5, 5.41) is 31.9. The number of aromatic hydroxyl groups is 1. The molecule has 1 fully saturated rings. The van der Waals surface area contributed by atoms with Crippen LogP contribution in [0.2, 0.25) is 0 Å². The second kappa shape index (κ2) is 11.3. The van der Waals surface area contributed by atoms with Gasteiger partial charge in [0, 0.05) is 6.42 Å². The maximum absolute atomic E-state index is 12.7. The summed E-state index contributed by atoms with van der Waals surface area (Å²) in [6.07, 6.45) is -2.07. The van der Waals surface area contributed by atoms with E-state index in [1.165, 1.54) is 12.1 Å². The second-order valence-corrected chi connectivity index (χ2v) is 7.66. The average Bonchev–Trinajstić information content (AvgIpc) is 2.71. The summed E-state index contributed by atoms with van der Waals surface area (Å²) in [5.41, 5.74) is 6.76. The lowest BCUT2D eigenvalue weighted by atomic mass is 9.94. The first-order valence-electron chi connectivity index (χ1n) is 10.2. The first kappa shape index (κ1) is 24.1. The molecular formula is C21H32N2O7. The van der Waals surface area contributed by atoms with E-state index in [1.54, 1.807) is 19.1 Å². The van der Waals surface area contributed by atoms with Gasteiger partial charge in [0.25, 0.3) is 0 Å². The molecule has 6 atom stereocenters. The zero-order valence-corrected chi connectivity index (χ0v) is 17.4. The van der Waals surface area contributed by atoms with Crippen molar-refractivity contribution in [3.05, 3.63) is 29.8 Å². The minimum Gasteiger partial charge on any atom is -0.508 e. The van der Waals surface area contributed by atoms with Crippen LogP contribution >= 0.6 is 0 Å². The molecule has 9 heteroatoms. The largest absolute Gasteiger partial charge is 0.508 e. The number of phenolic OH excluding ortho intramolecular Hbond substituents is 1. The number of phenols is 1. The smallest absolute Gasteiger partial charge is 0.331 e. The minimum atomic E-state index is -1.16. The molecule has 0 bridgehead atoms. The summed E-state index contributed by atoms with van der Waals surface area (Å²) in [4.78, 5) is 25.3. The average molecular weight is 424 g/mol. The third kappa shape index (κ3) is 6.66. The number of esters is 1. The summed E-state index contributed by atoms with van der Waals surface area (Å²) in [7, 11) is 0. The molecule has 168 valence electrons. The lowest BCUT2D eigenvalue weighted by Gasteiger charge is -2.38. The van der Waals surface area contributed by atoms with Crippen LogP contribution in [0.4, 0.5) is 0 Å². The number of rotatable bonds is 9. The maximum atomic E-state index is 12.7. The van der Waals surface area contributed by atoms with Crippen molar-refractivity contribution in [3.8, 4) is 5.75 Å². The molecule has 1 aromatic carbocycles. The van der Waals surface area contributed by atoms with Gasteiger partial charge in [-0.3, -0.25) is 4.79 Å². The number of hydrogen-bond donors (Lipinski definition) is 5. The number of unbranched alkanes of at least 4 members (excludes halogenated alkanes) is 1. The molecule has 1 aliphatic rings. The van der Waals surface area contributed by atoms with Crippen molar-refractivity contribution < 1.29 is 34.4 Å². The predicted molar refractivity (Wildman–Crippen MR) is 109 cm³/mol. The molecular weight excluding hydrogens is 392 g/mol. The van der Waals surface area contributed by atoms with E-state index in [1.807, 2.05) is 6.92 Å². The molecule has 30 heavy (non-hydrogen) atoms. The standard InChI is InChI=1S/C21H32N2O7/c1-3-4-9-29-21(28)18(17-11-16(25)19(26)12(2)30-17)23-20(27)15(22)10-13-5-7-14(24)8-6-13/h5-8,12,15-19,24-26H,3-4,9-11,22H2,1-2H3,(H,23,27)/t12-,15+,16-,17-,18-,19+/m1/s1. The topological polar surface area (TPSA) is 151 Å². The van der Waals surface area contributed by atoms with Gasteiger partial charge < -0.3 is 35.8 Å². The molecule has 1 aliphatic heterocycles. The van der Waals surface area contributed by atoms with Crippen LogP contribution in [0.25, 0.3) is 0 Å². The highest BCUT2D eigenvalue weighted by Gasteiger charge is 2.42. The Balaban J connectivity index is 2.07. The fourth-order valence-corrected chi connectivity index (χ4v) is 3.27. The number of hydrogen-bond acceptors (Lipinski definition) is 8. The maximum Gasteiger partial charge on any atom is 0.331 e. The number of benzene rings is 1. The molecule has 9 nitrogen and oxygen atoms in total. The van der Waals surface area contributed by atoms with Gasteiger partial charge in [0.15, 0.2) is 6.04 Å². The fraction of sp³-hybridized carbons (Fsp3) is 0.619. The Kier molecular flexibility index (Phi) is 9.04. The molecule has 0 saturated carbocycles. The van der Waals surface area contributed by atoms with E-state index in [0.717, 1.165) is 12.0 Å². The Hall–Kier alpha value is -2.20. The summed E-state index contributed by atoms with van der Waals surface area (Å²) in [6, 6.07) is 4.20. The normalized spacial score (nSPS) is 25.9. The number of aliphatic hydroxyl groups is 2. The minimum absolute atomic E-state index is 0.0352. The van der Waals surface area contributed by atoms with Crippen molar-refractivity contribution in [3.63, 3.8) is 0 Å². The molecule has 2 rings (SSSR count). The molecule has 1 aromatic rings. The molecule has 1 amide bonds. The summed E-state index contributed by atoms with van der Waals surface area (Å²) < 4.78 is 10.9. The van der Waals surface area contributed by atoms with Gasteiger partial charge in [0.1, 0.15) is 11.9 Å². The van der Waals surface area contributed by atoms with Gasteiger partial charge >= 0.3 is 5.97 Å². The van der Waals surface area contributed by atoms with Gasteiger partial charge in [-0.05, 0) is 37.5 Å². The van der Waals surface area contributed by atoms with Crippen LogP contribution in [0.15, 0.2) is 24.3 Å². The molecule has 1 saturated heterocycles. The van der Waals surface area contributed by atoms with E-state index < -0.39 is 48.4 Å². The van der Waals surface area contributed by atoms with Crippen molar-refractivity contribution in [2.24, 2.45) is 5.73 Å². The summed E-state index contributed by atoms with van der Waals surface area (Å²) in [6.45, 7) is 3.74. The quantitative estimate of drug-likeness (QED) is 0.274. The van der Waals surface area contributed by atoms with Crippen molar-refractivity contribution in [2.45, 2.75) is 76.0 Å². The Morgan fingerprint density at radius 3 is 2.57 bits per heavy atom. The van der Waals surface area contributed by atoms with Gasteiger partial charge in [-0.15, -0.1) is 0 Å². The number of ether oxygens (including phenoxy) is 2. The van der Waals surface area contributed by atoms with Crippen LogP contribution in [-0.4, -0.2) is 70.3 Å². The SMILES string of the molecule is CCCCOC(=O)[C@H](NC(=O)[C@@H](N)Cc1ccc(O)cc1)[C@H]1C[C@@H](O)[C@@H](O)[C@@H](C)O1. The Morgan fingerprint density at radius 2 is 1.97 bits per heavy atom. The lowest BCUT2D eigenvalue weighted by molar-refractivity contribution is -0.181. The number of aliphatic hydroxyl groups excluding tert-OH is 2. The Bertz CT molecular complexity index is 685. The molecule has 1 heterocycles. The Labute approximate surface area is 176 Å². The van der Waals surface area contributed by atoms with E-state index in [-0.39, 0.29) is 25.2 Å². The number of nitrogens with two attached hydrogens (primary N) is 1. The first-order valence-corrected chi connectivity index (χ1v) is 10.2. The molecule has 0 unspecified atom stereocenters. The highest BCUT2D eigenvalue weighted by atomic mass is 16.5. The van der Waals surface area contributed by atoms with Gasteiger partial charge in [0.2, 0.25) is 5.91 Å². The van der Waals surface area contributed by atoms with Gasteiger partial charge in [-0.2, -0.15) is 0 Å². The van der Waals surface area contributed by atoms with Crippen molar-refractivity contribution in [1.82, 2.24) is 5.32 Å². The summed E-state index contributed by atoms with van der Waals surface area (Å²) in [5.74, 6) is -1.14. The van der Waals surface area contributed by atoms with Crippen LogP contribution in [-0.2, 0) is 25.5 Å². The van der Waals surface area contributed by atoms with E-state index >= 15 is 0 Å². The van der Waals surface area contributed by atoms with Crippen molar-refractivity contribution >= 4 is 11.9 Å². The molecule has 0 spiro atoms. The van der Waals surface area contributed by atoms with E-state index in [4.69, 9.17) is 15.2 Å². The van der Waals surface area contributed by atoms with Crippen molar-refractivity contribution in [2.75, 3.05) is 6.61 Å². The van der Waals surface area contributed by atoms with E-state index in [9.17, 15) is 24.9 Å². The highest BCUT2D eigenvalue weighted by molar-refractivity contribution is 5.88. The zero-order valence-electron chi connectivity index (χ0n) is 17.4. The number of nitrogens with one attached hydrogen (secondary N) is 1. The van der Waals surface area contributed by atoms with E-state index in [0.29, 0.717) is 6.42 Å². The Morgan fingerprint density at radius 1 is 1.30 bits per heavy atom. The van der Waals surface area contributed by atoms with Crippen LogP contribution < -0.4 is 11.1 Å². The second-order valence-electron chi connectivity index (χ2n) is 7.66. The summed E-state index contributed by atoms with van der Waals surface area (Å²) >= 11 is 0. The van der Waals surface area contributed by atoms with Gasteiger partial charge in [-0.25, -0.2) is 4.79 Å². The van der Waals surface area contributed by atoms with E-state index in [2.05, 4.69) is 5.32 Å². The van der Waals surface area contributed by atoms with Gasteiger partial charge in [-0.1, -0.05) is 25.5 Å². The van der Waals surface area contributed by atoms with Gasteiger partial charge in [0.05, 0.1) is 31.0 Å². The number of amides is 1. The van der Waals surface area contributed by atoms with Crippen LogP contribution in [0, 0.1) is 0 Å². The molecule has 0 radical (unpaired) electrons. The number of carbonyl (C=O) groups is 2. The predicted octanol–water partition coefficient (Wildman–Crippen LogP) is -0.0107. The fourth-order valence-electron chi connectivity index (χ4n) is 3.27. The lowest BCUT2D eigenvalue weighted by Crippen LogP contribution is -2.59. The van der Waals surface area contributed by atoms with Crippen molar-refractivity contribution in [1.29, 1.82) is 0 Å². The number of carbonyl (C=O) groups excluding carboxylic acids is 2. The molecule has 6 N–H and O–H groups in total. The van der Waals surface area contributed by atoms with Crippen LogP contribution in [0.3, 0.4) is 0 Å². The molecule has 0 aromatic heterocycles. The van der Waals surface area contributed by atoms with Crippen LogP contribution in [0.5, 0.6) is 5.75 Å². The first-order chi connectivity index (χ1) is 14.2. The third-order valence-electron chi connectivity index (χ3n) is 5.13. The highest BCUT2D eigenvalue weighted by Crippen LogP contribution is 2.23. The van der Waals surface area contributed by atoms with Crippen LogP contribution in [0.1, 0.15) is 38.7 Å². The third-order valence-corrected chi connectivity index (χ3v) is 5.13.